The van der Waals surface area contributed by atoms with E-state index in [9.17, 15) is 9.90 Å². The molecule has 1 aliphatic heterocycles. The van der Waals surface area contributed by atoms with E-state index in [1.54, 1.807) is 14.1 Å². The Kier molecular flexibility index (Phi) is 5.71. The molecule has 17 heavy (non-hydrogen) atoms. The molecule has 5 heteroatoms. The van der Waals surface area contributed by atoms with E-state index in [0.717, 1.165) is 12.8 Å². The summed E-state index contributed by atoms with van der Waals surface area (Å²) < 4.78 is 5.11. The van der Waals surface area contributed by atoms with Crippen LogP contribution in [-0.4, -0.2) is 66.9 Å². The molecule has 0 aromatic rings. The fourth-order valence-electron chi connectivity index (χ4n) is 2.31. The van der Waals surface area contributed by atoms with Crippen LogP contribution in [0.15, 0.2) is 0 Å². The van der Waals surface area contributed by atoms with Gasteiger partial charge in [-0.05, 0) is 19.8 Å². The van der Waals surface area contributed by atoms with Gasteiger partial charge >= 0.3 is 6.09 Å². The third kappa shape index (κ3) is 4.16. The summed E-state index contributed by atoms with van der Waals surface area (Å²) in [6, 6.07) is 0.677. The van der Waals surface area contributed by atoms with E-state index in [1.165, 1.54) is 11.3 Å². The summed E-state index contributed by atoms with van der Waals surface area (Å²) >= 11 is 0. The van der Waals surface area contributed by atoms with Gasteiger partial charge in [0.25, 0.3) is 0 Å². The maximum atomic E-state index is 11.3. The van der Waals surface area contributed by atoms with Gasteiger partial charge in [0.05, 0.1) is 6.61 Å². The van der Waals surface area contributed by atoms with Crippen LogP contribution in [0.3, 0.4) is 0 Å². The Hall–Kier alpha value is -0.810. The first-order valence-electron chi connectivity index (χ1n) is 6.27. The van der Waals surface area contributed by atoms with Crippen molar-refractivity contribution in [2.75, 3.05) is 33.9 Å². The highest BCUT2D eigenvalue weighted by molar-refractivity contribution is 5.66. The number of amides is 1. The van der Waals surface area contributed by atoms with Crippen molar-refractivity contribution in [3.8, 4) is 0 Å². The van der Waals surface area contributed by atoms with Crippen molar-refractivity contribution in [3.63, 3.8) is 0 Å². The molecular formula is C12H24N2O3. The zero-order chi connectivity index (χ0) is 12.8. The lowest BCUT2D eigenvalue weighted by atomic mass is 9.97. The van der Waals surface area contributed by atoms with Crippen LogP contribution < -0.4 is 0 Å². The number of likely N-dealkylation sites (tertiary alicyclic amines) is 1. The maximum Gasteiger partial charge on any atom is 0.409 e. The van der Waals surface area contributed by atoms with Crippen LogP contribution in [0.5, 0.6) is 0 Å². The number of aliphatic hydroxyl groups is 1. The molecule has 0 saturated carbocycles. The van der Waals surface area contributed by atoms with Gasteiger partial charge < -0.3 is 14.7 Å². The van der Waals surface area contributed by atoms with Crippen molar-refractivity contribution < 1.29 is 14.6 Å². The van der Waals surface area contributed by atoms with Crippen LogP contribution in [0, 0.1) is 0 Å². The molecule has 1 saturated heterocycles. The lowest BCUT2D eigenvalue weighted by Gasteiger charge is -2.39. The average molecular weight is 244 g/mol. The van der Waals surface area contributed by atoms with Crippen LogP contribution in [-0.2, 0) is 4.74 Å². The molecule has 0 spiro atoms. The lowest BCUT2D eigenvalue weighted by Crippen LogP contribution is -2.48. The summed E-state index contributed by atoms with van der Waals surface area (Å²) in [6.45, 7) is 3.44. The van der Waals surface area contributed by atoms with Crippen LogP contribution in [0.1, 0.15) is 26.2 Å². The van der Waals surface area contributed by atoms with Crippen molar-refractivity contribution in [2.45, 2.75) is 38.3 Å². The van der Waals surface area contributed by atoms with Gasteiger partial charge in [-0.25, -0.2) is 4.79 Å². The zero-order valence-electron chi connectivity index (χ0n) is 11.1. The first-order valence-corrected chi connectivity index (χ1v) is 6.27. The molecule has 0 aromatic heterocycles. The fourth-order valence-corrected chi connectivity index (χ4v) is 2.31. The Bertz CT molecular complexity index is 246. The smallest absolute Gasteiger partial charge is 0.409 e. The monoisotopic (exact) mass is 244 g/mol. The maximum absolute atomic E-state index is 11.3. The number of ether oxygens (including phenoxy) is 1. The van der Waals surface area contributed by atoms with Crippen molar-refractivity contribution in [1.29, 1.82) is 0 Å². The molecule has 0 aliphatic carbocycles. The molecule has 100 valence electrons. The predicted molar refractivity (Wildman–Crippen MR) is 65.9 cm³/mol. The number of carbonyl (C=O) groups is 1. The second-order valence-corrected chi connectivity index (χ2v) is 4.86. The molecule has 1 N–H and O–H groups in total. The summed E-state index contributed by atoms with van der Waals surface area (Å²) in [5.41, 5.74) is 0. The molecule has 1 heterocycles. The summed E-state index contributed by atoms with van der Waals surface area (Å²) in [4.78, 5) is 14.9. The minimum atomic E-state index is -0.310. The van der Waals surface area contributed by atoms with E-state index in [-0.39, 0.29) is 18.7 Å². The third-order valence-electron chi connectivity index (χ3n) is 3.35. The van der Waals surface area contributed by atoms with Gasteiger partial charge in [-0.1, -0.05) is 6.42 Å². The van der Waals surface area contributed by atoms with Crippen LogP contribution in [0.25, 0.3) is 0 Å². The van der Waals surface area contributed by atoms with E-state index >= 15 is 0 Å². The molecule has 0 aromatic carbocycles. The third-order valence-corrected chi connectivity index (χ3v) is 3.35. The molecule has 1 aliphatic rings. The number of piperidine rings is 1. The van der Waals surface area contributed by atoms with Crippen molar-refractivity contribution >= 4 is 6.09 Å². The number of nitrogens with zero attached hydrogens (tertiary/aromatic N) is 2. The Morgan fingerprint density at radius 2 is 2.18 bits per heavy atom. The van der Waals surface area contributed by atoms with E-state index in [0.29, 0.717) is 19.2 Å². The van der Waals surface area contributed by atoms with Gasteiger partial charge in [0.2, 0.25) is 0 Å². The molecule has 1 fully saturated rings. The Morgan fingerprint density at radius 1 is 1.47 bits per heavy atom. The SMILES string of the molecule is CC1CCCC(CO)N1CCOC(=O)N(C)C. The fraction of sp³-hybridized carbons (Fsp3) is 0.917. The minimum absolute atomic E-state index is 0.186. The summed E-state index contributed by atoms with van der Waals surface area (Å²) in [6.07, 6.45) is 3.04. The molecule has 0 bridgehead atoms. The first kappa shape index (κ1) is 14.3. The van der Waals surface area contributed by atoms with Crippen molar-refractivity contribution in [3.05, 3.63) is 0 Å². The molecule has 2 atom stereocenters. The number of aliphatic hydroxyl groups excluding tert-OH is 1. The second kappa shape index (κ2) is 6.81. The van der Waals surface area contributed by atoms with Gasteiger partial charge in [0, 0.05) is 32.7 Å². The zero-order valence-corrected chi connectivity index (χ0v) is 11.1. The van der Waals surface area contributed by atoms with Crippen LogP contribution in [0.2, 0.25) is 0 Å². The van der Waals surface area contributed by atoms with Crippen LogP contribution >= 0.6 is 0 Å². The molecule has 1 amide bonds. The van der Waals surface area contributed by atoms with E-state index in [4.69, 9.17) is 4.74 Å². The highest BCUT2D eigenvalue weighted by Crippen LogP contribution is 2.21. The number of carbonyl (C=O) groups excluding carboxylic acids is 1. The number of hydrogen-bond donors (Lipinski definition) is 1. The molecule has 1 rings (SSSR count). The molecule has 2 unspecified atom stereocenters. The van der Waals surface area contributed by atoms with Crippen molar-refractivity contribution in [1.82, 2.24) is 9.80 Å². The Morgan fingerprint density at radius 3 is 2.76 bits per heavy atom. The summed E-state index contributed by atoms with van der Waals surface area (Å²) in [5.74, 6) is 0. The molecule has 5 nitrogen and oxygen atoms in total. The average Bonchev–Trinajstić information content (AvgIpc) is 2.30. The lowest BCUT2D eigenvalue weighted by molar-refractivity contribution is 0.0298. The van der Waals surface area contributed by atoms with E-state index in [1.807, 2.05) is 0 Å². The number of hydrogen-bond acceptors (Lipinski definition) is 4. The van der Waals surface area contributed by atoms with Crippen LogP contribution in [0.4, 0.5) is 4.79 Å². The van der Waals surface area contributed by atoms with Crippen molar-refractivity contribution in [2.24, 2.45) is 0 Å². The minimum Gasteiger partial charge on any atom is -0.448 e. The quantitative estimate of drug-likeness (QED) is 0.799. The van der Waals surface area contributed by atoms with Gasteiger partial charge in [0.15, 0.2) is 0 Å². The van der Waals surface area contributed by atoms with E-state index < -0.39 is 0 Å². The summed E-state index contributed by atoms with van der Waals surface area (Å²) in [7, 11) is 3.34. The second-order valence-electron chi connectivity index (χ2n) is 4.86. The Balaban J connectivity index is 2.35. The van der Waals surface area contributed by atoms with E-state index in [2.05, 4.69) is 11.8 Å². The molecular weight excluding hydrogens is 220 g/mol. The Labute approximate surface area is 103 Å². The standard InChI is InChI=1S/C12H24N2O3/c1-10-5-4-6-11(9-15)14(10)7-8-17-12(16)13(2)3/h10-11,15H,4-9H2,1-3H3. The van der Waals surface area contributed by atoms with Gasteiger partial charge in [-0.15, -0.1) is 0 Å². The highest BCUT2D eigenvalue weighted by Gasteiger charge is 2.27. The normalized spacial score (nSPS) is 25.6. The first-order chi connectivity index (χ1) is 8.06. The topological polar surface area (TPSA) is 53.0 Å². The molecule has 0 radical (unpaired) electrons. The largest absolute Gasteiger partial charge is 0.448 e. The van der Waals surface area contributed by atoms with Gasteiger partial charge in [-0.2, -0.15) is 0 Å². The number of rotatable bonds is 4. The van der Waals surface area contributed by atoms with Gasteiger partial charge in [-0.3, -0.25) is 4.90 Å². The van der Waals surface area contributed by atoms with Gasteiger partial charge in [0.1, 0.15) is 6.61 Å². The summed E-state index contributed by atoms with van der Waals surface area (Å²) in [5, 5.41) is 9.32. The highest BCUT2D eigenvalue weighted by atomic mass is 16.6. The predicted octanol–water partition coefficient (Wildman–Crippen LogP) is 0.920.